The number of ether oxygens (including phenoxy) is 2. The minimum absolute atomic E-state index is 0.690. The van der Waals surface area contributed by atoms with Gasteiger partial charge in [-0.25, -0.2) is 0 Å². The van der Waals surface area contributed by atoms with E-state index in [1.54, 1.807) is 0 Å². The molecule has 132 valence electrons. The number of alkyl halides is 1. The molecular formula is C21H19ClN2O2. The molecule has 0 saturated heterocycles. The van der Waals surface area contributed by atoms with Crippen LogP contribution in [0.25, 0.3) is 0 Å². The maximum absolute atomic E-state index is 6.43. The van der Waals surface area contributed by atoms with Crippen molar-refractivity contribution in [2.75, 3.05) is 13.1 Å². The molecule has 0 bridgehead atoms. The quantitative estimate of drug-likeness (QED) is 0.657. The molecule has 1 aliphatic heterocycles. The number of rotatable bonds is 0. The third-order valence-electron chi connectivity index (χ3n) is 5.21. The summed E-state index contributed by atoms with van der Waals surface area (Å²) in [7, 11) is 0. The van der Waals surface area contributed by atoms with E-state index in [-0.39, 0.29) is 0 Å². The lowest BCUT2D eigenvalue weighted by Gasteiger charge is -2.18. The molecule has 0 aromatic heterocycles. The van der Waals surface area contributed by atoms with Gasteiger partial charge < -0.3 is 9.47 Å². The van der Waals surface area contributed by atoms with Gasteiger partial charge in [0.15, 0.2) is 0 Å². The second kappa shape index (κ2) is 6.44. The van der Waals surface area contributed by atoms with Crippen LogP contribution in [0.1, 0.15) is 35.1 Å². The van der Waals surface area contributed by atoms with Crippen LogP contribution in [0.5, 0.6) is 11.5 Å². The summed E-state index contributed by atoms with van der Waals surface area (Å²) in [5, 5.41) is 0. The molecule has 1 heterocycles. The smallest absolute Gasteiger partial charge is 0.322 e. The van der Waals surface area contributed by atoms with Gasteiger partial charge in [-0.05, 0) is 60.5 Å². The van der Waals surface area contributed by atoms with E-state index in [2.05, 4.69) is 12.1 Å². The van der Waals surface area contributed by atoms with Crippen LogP contribution in [0.15, 0.2) is 46.4 Å². The highest BCUT2D eigenvalue weighted by Crippen LogP contribution is 2.35. The SMILES string of the molecule is ClC1Oc2cccc3c2C(=NCCN=C2CCc4cccc(c42)O1)CC3. The predicted molar refractivity (Wildman–Crippen MR) is 103 cm³/mol. The Balaban J connectivity index is 1.59. The number of benzene rings is 2. The molecule has 0 atom stereocenters. The largest absolute Gasteiger partial charge is 0.441 e. The van der Waals surface area contributed by atoms with Gasteiger partial charge in [-0.15, -0.1) is 0 Å². The average Bonchev–Trinajstić information content (AvgIpc) is 3.24. The highest BCUT2D eigenvalue weighted by atomic mass is 35.5. The highest BCUT2D eigenvalue weighted by Gasteiger charge is 2.26. The highest BCUT2D eigenvalue weighted by molar-refractivity contribution is 6.19. The molecule has 2 aromatic carbocycles. The lowest BCUT2D eigenvalue weighted by Crippen LogP contribution is -2.19. The summed E-state index contributed by atoms with van der Waals surface area (Å²) in [5.41, 5.74) is 6.84. The maximum atomic E-state index is 6.43. The summed E-state index contributed by atoms with van der Waals surface area (Å²) in [6, 6.07) is 12.1. The Morgan fingerprint density at radius 2 is 1.23 bits per heavy atom. The zero-order valence-electron chi connectivity index (χ0n) is 14.4. The molecule has 0 spiro atoms. The summed E-state index contributed by atoms with van der Waals surface area (Å²) in [6.45, 7) is 1.38. The number of hydrogen-bond acceptors (Lipinski definition) is 4. The number of hydrogen-bond donors (Lipinski definition) is 0. The van der Waals surface area contributed by atoms with Gasteiger partial charge in [0.1, 0.15) is 11.5 Å². The first-order valence-corrected chi connectivity index (χ1v) is 9.52. The summed E-state index contributed by atoms with van der Waals surface area (Å²) in [5.74, 6) is 0.580. The van der Waals surface area contributed by atoms with Crippen LogP contribution in [0.3, 0.4) is 0 Å². The molecule has 0 amide bonds. The molecule has 26 heavy (non-hydrogen) atoms. The predicted octanol–water partition coefficient (Wildman–Crippen LogP) is 4.15. The van der Waals surface area contributed by atoms with Crippen molar-refractivity contribution in [1.29, 1.82) is 0 Å². The summed E-state index contributed by atoms with van der Waals surface area (Å²) >= 11 is 6.43. The van der Waals surface area contributed by atoms with Crippen LogP contribution in [0.4, 0.5) is 0 Å². The van der Waals surface area contributed by atoms with Gasteiger partial charge >= 0.3 is 5.75 Å². The maximum Gasteiger partial charge on any atom is 0.322 e. The molecule has 0 radical (unpaired) electrons. The first kappa shape index (κ1) is 15.9. The monoisotopic (exact) mass is 366 g/mol. The van der Waals surface area contributed by atoms with Crippen LogP contribution in [0, 0.1) is 0 Å². The lowest BCUT2D eigenvalue weighted by molar-refractivity contribution is 0.0771. The fraction of sp³-hybridized carbons (Fsp3) is 0.333. The van der Waals surface area contributed by atoms with Crippen molar-refractivity contribution in [2.24, 2.45) is 9.98 Å². The second-order valence-electron chi connectivity index (χ2n) is 6.75. The van der Waals surface area contributed by atoms with E-state index in [0.29, 0.717) is 13.1 Å². The first-order chi connectivity index (χ1) is 12.8. The van der Waals surface area contributed by atoms with Crippen LogP contribution >= 0.6 is 11.6 Å². The second-order valence-corrected chi connectivity index (χ2v) is 7.10. The average molecular weight is 367 g/mol. The Kier molecular flexibility index (Phi) is 3.93. The van der Waals surface area contributed by atoms with E-state index in [4.69, 9.17) is 31.1 Å². The Morgan fingerprint density at radius 3 is 1.73 bits per heavy atom. The zero-order chi connectivity index (χ0) is 17.5. The number of aryl methyl sites for hydroxylation is 2. The normalized spacial score (nSPS) is 21.0. The lowest BCUT2D eigenvalue weighted by atomic mass is 10.1. The van der Waals surface area contributed by atoms with Gasteiger partial charge in [0.25, 0.3) is 0 Å². The van der Waals surface area contributed by atoms with Crippen molar-refractivity contribution in [2.45, 2.75) is 31.4 Å². The zero-order valence-corrected chi connectivity index (χ0v) is 15.1. The molecule has 5 heteroatoms. The van der Waals surface area contributed by atoms with Crippen LogP contribution in [-0.4, -0.2) is 30.3 Å². The van der Waals surface area contributed by atoms with E-state index in [1.807, 2.05) is 24.3 Å². The minimum atomic E-state index is -0.905. The van der Waals surface area contributed by atoms with Crippen molar-refractivity contribution in [3.05, 3.63) is 58.7 Å². The van der Waals surface area contributed by atoms with Crippen molar-refractivity contribution < 1.29 is 9.47 Å². The Hall–Kier alpha value is -2.33. The number of halogens is 1. The van der Waals surface area contributed by atoms with Crippen molar-refractivity contribution >= 4 is 23.0 Å². The minimum Gasteiger partial charge on any atom is -0.441 e. The van der Waals surface area contributed by atoms with Gasteiger partial charge in [-0.2, -0.15) is 0 Å². The summed E-state index contributed by atoms with van der Waals surface area (Å²) < 4.78 is 12.0. The van der Waals surface area contributed by atoms with E-state index >= 15 is 0 Å². The van der Waals surface area contributed by atoms with Gasteiger partial charge in [-0.1, -0.05) is 24.3 Å². The van der Waals surface area contributed by atoms with E-state index in [1.165, 1.54) is 11.1 Å². The fourth-order valence-electron chi connectivity index (χ4n) is 4.09. The molecule has 4 nitrogen and oxygen atoms in total. The van der Waals surface area contributed by atoms with E-state index in [0.717, 1.165) is 59.7 Å². The van der Waals surface area contributed by atoms with Crippen LogP contribution in [-0.2, 0) is 12.8 Å². The van der Waals surface area contributed by atoms with Gasteiger partial charge in [0.05, 0.1) is 13.1 Å². The third-order valence-corrected chi connectivity index (χ3v) is 5.39. The molecule has 2 aromatic rings. The molecule has 5 rings (SSSR count). The molecule has 0 saturated carbocycles. The molecule has 0 unspecified atom stereocenters. The van der Waals surface area contributed by atoms with Crippen molar-refractivity contribution in [3.8, 4) is 11.5 Å². The fourth-order valence-corrected chi connectivity index (χ4v) is 4.28. The molecule has 3 aliphatic rings. The first-order valence-electron chi connectivity index (χ1n) is 9.08. The van der Waals surface area contributed by atoms with Gasteiger partial charge in [-0.3, -0.25) is 9.98 Å². The van der Waals surface area contributed by atoms with Crippen LogP contribution < -0.4 is 9.47 Å². The Morgan fingerprint density at radius 1 is 0.731 bits per heavy atom. The molecule has 2 aliphatic carbocycles. The van der Waals surface area contributed by atoms with E-state index < -0.39 is 5.75 Å². The van der Waals surface area contributed by atoms with Crippen molar-refractivity contribution in [3.63, 3.8) is 0 Å². The molecule has 0 fully saturated rings. The van der Waals surface area contributed by atoms with Gasteiger partial charge in [0, 0.05) is 22.6 Å². The Bertz CT molecular complexity index is 860. The van der Waals surface area contributed by atoms with Crippen molar-refractivity contribution in [1.82, 2.24) is 0 Å². The molecular weight excluding hydrogens is 348 g/mol. The van der Waals surface area contributed by atoms with E-state index in [9.17, 15) is 0 Å². The summed E-state index contributed by atoms with van der Waals surface area (Å²) in [6.07, 6.45) is 3.84. The number of aliphatic imine (C=N–C) groups is 2. The standard InChI is InChI=1S/C21H19ClN2O2/c22-21-25-17-5-1-3-13-7-9-15(19(13)17)23-11-12-24-16-10-8-14-4-2-6-18(26-21)20(14)16/h1-6,21H,7-12H2. The van der Waals surface area contributed by atoms with Gasteiger partial charge in [0.2, 0.25) is 0 Å². The number of nitrogens with zero attached hydrogens (tertiary/aromatic N) is 2. The topological polar surface area (TPSA) is 43.2 Å². The third kappa shape index (κ3) is 2.69. The van der Waals surface area contributed by atoms with Crippen LogP contribution in [0.2, 0.25) is 0 Å². The Labute approximate surface area is 157 Å². The molecule has 0 N–H and O–H groups in total. The summed E-state index contributed by atoms with van der Waals surface area (Å²) in [4.78, 5) is 9.62.